The number of hydrogen-bond donors (Lipinski definition) is 1. The van der Waals surface area contributed by atoms with E-state index in [1.807, 2.05) is 6.92 Å². The third-order valence-electron chi connectivity index (χ3n) is 2.76. The molecular weight excluding hydrogens is 196 g/mol. The Bertz CT molecular complexity index is 267. The zero-order valence-electron chi connectivity index (χ0n) is 11.2. The predicted molar refractivity (Wildman–Crippen MR) is 72.4 cm³/mol. The van der Waals surface area contributed by atoms with Crippen LogP contribution in [0.5, 0.6) is 0 Å². The molecule has 0 aliphatic rings. The highest BCUT2D eigenvalue weighted by Gasteiger charge is 2.05. The Kier molecular flexibility index (Phi) is 7.92. The van der Waals surface area contributed by atoms with E-state index in [9.17, 15) is 0 Å². The molecule has 0 radical (unpaired) electrons. The standard InChI is InChI=1S/C15H26O/c1-12(2)7-6-8-14(5)9-10-15(11-16)13(3)4/h7,9,15-16H,3,6,8,10-11H2,1-2,4-5H3. The molecule has 16 heavy (non-hydrogen) atoms. The molecule has 0 amide bonds. The van der Waals surface area contributed by atoms with Crippen molar-refractivity contribution in [3.05, 3.63) is 35.5 Å². The Morgan fingerprint density at radius 2 is 1.81 bits per heavy atom. The van der Waals surface area contributed by atoms with Gasteiger partial charge in [0.1, 0.15) is 0 Å². The molecule has 0 spiro atoms. The molecule has 1 atom stereocenters. The molecule has 1 heteroatoms. The Hall–Kier alpha value is -0.820. The highest BCUT2D eigenvalue weighted by Crippen LogP contribution is 2.16. The van der Waals surface area contributed by atoms with Crippen LogP contribution in [0.15, 0.2) is 35.5 Å². The first-order chi connectivity index (χ1) is 7.47. The summed E-state index contributed by atoms with van der Waals surface area (Å²) < 4.78 is 0. The van der Waals surface area contributed by atoms with Gasteiger partial charge in [-0.15, -0.1) is 0 Å². The van der Waals surface area contributed by atoms with Gasteiger partial charge in [0.25, 0.3) is 0 Å². The van der Waals surface area contributed by atoms with Gasteiger partial charge in [-0.3, -0.25) is 0 Å². The first-order valence-electron chi connectivity index (χ1n) is 6.02. The molecule has 0 rings (SSSR count). The Balaban J connectivity index is 4.03. The van der Waals surface area contributed by atoms with Crippen molar-refractivity contribution in [2.75, 3.05) is 6.61 Å². The summed E-state index contributed by atoms with van der Waals surface area (Å²) in [7, 11) is 0. The smallest absolute Gasteiger partial charge is 0.0499 e. The van der Waals surface area contributed by atoms with Crippen LogP contribution in [-0.2, 0) is 0 Å². The van der Waals surface area contributed by atoms with Crippen molar-refractivity contribution >= 4 is 0 Å². The first-order valence-corrected chi connectivity index (χ1v) is 6.02. The SMILES string of the molecule is C=C(C)C(CO)CC=C(C)CCC=C(C)C. The Morgan fingerprint density at radius 3 is 2.25 bits per heavy atom. The molecule has 1 N–H and O–H groups in total. The minimum absolute atomic E-state index is 0.201. The van der Waals surface area contributed by atoms with Gasteiger partial charge in [0.15, 0.2) is 0 Å². The van der Waals surface area contributed by atoms with Gasteiger partial charge in [0.05, 0.1) is 0 Å². The molecule has 92 valence electrons. The molecule has 0 bridgehead atoms. The minimum Gasteiger partial charge on any atom is -0.396 e. The molecule has 0 saturated heterocycles. The second kappa shape index (κ2) is 8.35. The van der Waals surface area contributed by atoms with Crippen LogP contribution in [0.3, 0.4) is 0 Å². The van der Waals surface area contributed by atoms with Crippen LogP contribution in [0.2, 0.25) is 0 Å². The molecule has 0 aliphatic carbocycles. The van der Waals surface area contributed by atoms with Gasteiger partial charge >= 0.3 is 0 Å². The second-order valence-electron chi connectivity index (χ2n) is 4.83. The van der Waals surface area contributed by atoms with E-state index in [1.54, 1.807) is 0 Å². The van der Waals surface area contributed by atoms with Crippen molar-refractivity contribution < 1.29 is 5.11 Å². The molecule has 0 heterocycles. The molecule has 0 fully saturated rings. The highest BCUT2D eigenvalue weighted by molar-refractivity contribution is 5.06. The van der Waals surface area contributed by atoms with Crippen molar-refractivity contribution in [2.24, 2.45) is 5.92 Å². The molecule has 0 aromatic carbocycles. The van der Waals surface area contributed by atoms with Crippen molar-refractivity contribution in [1.29, 1.82) is 0 Å². The minimum atomic E-state index is 0.201. The lowest BCUT2D eigenvalue weighted by molar-refractivity contribution is 0.247. The van der Waals surface area contributed by atoms with Crippen LogP contribution in [0.1, 0.15) is 47.0 Å². The largest absolute Gasteiger partial charge is 0.396 e. The zero-order chi connectivity index (χ0) is 12.6. The van der Waals surface area contributed by atoms with E-state index in [1.165, 1.54) is 11.1 Å². The maximum Gasteiger partial charge on any atom is 0.0499 e. The average molecular weight is 222 g/mol. The number of aliphatic hydroxyl groups excluding tert-OH is 1. The van der Waals surface area contributed by atoms with E-state index < -0.39 is 0 Å². The van der Waals surface area contributed by atoms with Gasteiger partial charge in [0.2, 0.25) is 0 Å². The monoisotopic (exact) mass is 222 g/mol. The summed E-state index contributed by atoms with van der Waals surface area (Å²) in [4.78, 5) is 0. The second-order valence-corrected chi connectivity index (χ2v) is 4.83. The van der Waals surface area contributed by atoms with Gasteiger partial charge in [-0.05, 0) is 47.0 Å². The number of allylic oxidation sites excluding steroid dienone is 4. The number of aliphatic hydroxyl groups is 1. The fraction of sp³-hybridized carbons (Fsp3) is 0.600. The van der Waals surface area contributed by atoms with E-state index in [2.05, 4.69) is 39.5 Å². The summed E-state index contributed by atoms with van der Waals surface area (Å²) >= 11 is 0. The molecule has 0 aromatic heterocycles. The van der Waals surface area contributed by atoms with Crippen molar-refractivity contribution in [1.82, 2.24) is 0 Å². The van der Waals surface area contributed by atoms with E-state index in [4.69, 9.17) is 5.11 Å². The summed E-state index contributed by atoms with van der Waals surface area (Å²) in [6, 6.07) is 0. The lowest BCUT2D eigenvalue weighted by atomic mass is 9.97. The van der Waals surface area contributed by atoms with Crippen LogP contribution in [-0.4, -0.2) is 11.7 Å². The fourth-order valence-corrected chi connectivity index (χ4v) is 1.47. The van der Waals surface area contributed by atoms with E-state index in [0.29, 0.717) is 0 Å². The predicted octanol–water partition coefficient (Wildman–Crippen LogP) is 4.25. The summed E-state index contributed by atoms with van der Waals surface area (Å²) in [5, 5.41) is 9.16. The number of rotatable bonds is 7. The lowest BCUT2D eigenvalue weighted by Gasteiger charge is -2.11. The average Bonchev–Trinajstić information content (AvgIpc) is 2.17. The summed E-state index contributed by atoms with van der Waals surface area (Å²) in [6.07, 6.45) is 7.63. The quantitative estimate of drug-likeness (QED) is 0.638. The van der Waals surface area contributed by atoms with Crippen LogP contribution in [0, 0.1) is 5.92 Å². The zero-order valence-corrected chi connectivity index (χ0v) is 11.2. The molecule has 0 saturated carbocycles. The van der Waals surface area contributed by atoms with Crippen molar-refractivity contribution in [3.8, 4) is 0 Å². The van der Waals surface area contributed by atoms with Gasteiger partial charge in [0, 0.05) is 12.5 Å². The summed E-state index contributed by atoms with van der Waals surface area (Å²) in [5.74, 6) is 0.221. The van der Waals surface area contributed by atoms with Crippen molar-refractivity contribution in [3.63, 3.8) is 0 Å². The van der Waals surface area contributed by atoms with E-state index in [0.717, 1.165) is 24.8 Å². The molecule has 0 aliphatic heterocycles. The molecule has 1 unspecified atom stereocenters. The highest BCUT2D eigenvalue weighted by atomic mass is 16.3. The molecule has 1 nitrogen and oxygen atoms in total. The first kappa shape index (κ1) is 15.2. The van der Waals surface area contributed by atoms with E-state index >= 15 is 0 Å². The van der Waals surface area contributed by atoms with E-state index in [-0.39, 0.29) is 12.5 Å². The summed E-state index contributed by atoms with van der Waals surface area (Å²) in [6.45, 7) is 12.5. The molecular formula is C15H26O. The lowest BCUT2D eigenvalue weighted by Crippen LogP contribution is -2.05. The Labute approximate surface area is 101 Å². The Morgan fingerprint density at radius 1 is 1.19 bits per heavy atom. The van der Waals surface area contributed by atoms with Gasteiger partial charge in [-0.2, -0.15) is 0 Å². The fourth-order valence-electron chi connectivity index (χ4n) is 1.47. The molecule has 0 aromatic rings. The summed E-state index contributed by atoms with van der Waals surface area (Å²) in [5.41, 5.74) is 3.84. The van der Waals surface area contributed by atoms with Gasteiger partial charge in [-0.25, -0.2) is 0 Å². The maximum atomic E-state index is 9.16. The third-order valence-corrected chi connectivity index (χ3v) is 2.76. The van der Waals surface area contributed by atoms with Crippen LogP contribution in [0.4, 0.5) is 0 Å². The van der Waals surface area contributed by atoms with Gasteiger partial charge < -0.3 is 5.11 Å². The van der Waals surface area contributed by atoms with Crippen LogP contribution in [0.25, 0.3) is 0 Å². The normalized spacial score (nSPS) is 13.4. The van der Waals surface area contributed by atoms with Crippen molar-refractivity contribution in [2.45, 2.75) is 47.0 Å². The number of hydrogen-bond acceptors (Lipinski definition) is 1. The van der Waals surface area contributed by atoms with Gasteiger partial charge in [-0.1, -0.05) is 35.5 Å². The maximum absolute atomic E-state index is 9.16. The third kappa shape index (κ3) is 7.47. The van der Waals surface area contributed by atoms with Crippen LogP contribution < -0.4 is 0 Å². The van der Waals surface area contributed by atoms with Crippen LogP contribution >= 0.6 is 0 Å². The topological polar surface area (TPSA) is 20.2 Å².